The zero-order valence-corrected chi connectivity index (χ0v) is 21.8. The van der Waals surface area contributed by atoms with Crippen molar-refractivity contribution < 1.29 is 0 Å². The number of likely N-dealkylation sites (tertiary alicyclic amines) is 2. The summed E-state index contributed by atoms with van der Waals surface area (Å²) in [6, 6.07) is 5.55. The quantitative estimate of drug-likeness (QED) is 0.320. The van der Waals surface area contributed by atoms with E-state index in [-0.39, 0.29) is 24.0 Å². The van der Waals surface area contributed by atoms with E-state index in [1.54, 1.807) is 0 Å². The van der Waals surface area contributed by atoms with Crippen LogP contribution in [0, 0.1) is 11.8 Å². The van der Waals surface area contributed by atoms with Crippen molar-refractivity contribution in [2.45, 2.75) is 57.0 Å². The van der Waals surface area contributed by atoms with Crippen LogP contribution in [-0.4, -0.2) is 68.6 Å². The highest BCUT2D eigenvalue weighted by molar-refractivity contribution is 14.0. The van der Waals surface area contributed by atoms with Gasteiger partial charge in [0.1, 0.15) is 0 Å². The van der Waals surface area contributed by atoms with Crippen LogP contribution in [0.5, 0.6) is 0 Å². The normalized spacial score (nSPS) is 29.1. The number of nitrogens with zero attached hydrogens (tertiary/aromatic N) is 3. The summed E-state index contributed by atoms with van der Waals surface area (Å²) in [6.07, 6.45) is 9.58. The maximum absolute atomic E-state index is 4.54. The number of hydrogen-bond donors (Lipinski definition) is 2. The van der Waals surface area contributed by atoms with Crippen LogP contribution in [0.1, 0.15) is 55.9 Å². The van der Waals surface area contributed by atoms with E-state index in [0.29, 0.717) is 18.0 Å². The molecule has 7 heteroatoms. The molecule has 0 spiro atoms. The molecule has 1 aliphatic carbocycles. The Morgan fingerprint density at radius 3 is 2.73 bits per heavy atom. The van der Waals surface area contributed by atoms with Crippen LogP contribution < -0.4 is 10.6 Å². The van der Waals surface area contributed by atoms with E-state index >= 15 is 0 Å². The Bertz CT molecular complexity index is 646. The van der Waals surface area contributed by atoms with Gasteiger partial charge in [-0.1, -0.05) is 18.9 Å². The molecule has 2 saturated heterocycles. The third-order valence-corrected chi connectivity index (χ3v) is 8.14. The van der Waals surface area contributed by atoms with Gasteiger partial charge in [-0.3, -0.25) is 9.89 Å². The van der Waals surface area contributed by atoms with Gasteiger partial charge in [0.25, 0.3) is 0 Å². The molecule has 3 fully saturated rings. The summed E-state index contributed by atoms with van der Waals surface area (Å²) < 4.78 is 0. The van der Waals surface area contributed by atoms with Crippen LogP contribution in [0.4, 0.5) is 0 Å². The molecule has 2 N–H and O–H groups in total. The standard InChI is InChI=1S/C23H39N5S.HI/c1-24-23(26-20-11-13-28(17-20)16-18-7-3-4-8-18)25-15-19-9-5-12-27(2)22(19)21-10-6-14-29-21;/h6,10,14,18-20,22H,3-5,7-9,11-13,15-17H2,1-2H3,(H2,24,25,26);1H. The molecule has 1 aromatic rings. The van der Waals surface area contributed by atoms with Crippen molar-refractivity contribution in [1.29, 1.82) is 0 Å². The van der Waals surface area contributed by atoms with Crippen LogP contribution in [0.2, 0.25) is 0 Å². The molecular weight excluding hydrogens is 505 g/mol. The van der Waals surface area contributed by atoms with Crippen molar-refractivity contribution in [3.8, 4) is 0 Å². The van der Waals surface area contributed by atoms with Gasteiger partial charge in [0, 0.05) is 50.2 Å². The lowest BCUT2D eigenvalue weighted by Gasteiger charge is -2.39. The summed E-state index contributed by atoms with van der Waals surface area (Å²) >= 11 is 1.90. The Hall–Kier alpha value is -0.380. The second-order valence-corrected chi connectivity index (χ2v) is 10.3. The second-order valence-electron chi connectivity index (χ2n) is 9.34. The number of halogens is 1. The van der Waals surface area contributed by atoms with Gasteiger partial charge in [-0.05, 0) is 69.0 Å². The predicted molar refractivity (Wildman–Crippen MR) is 139 cm³/mol. The molecule has 4 rings (SSSR count). The van der Waals surface area contributed by atoms with Gasteiger partial charge in [0.2, 0.25) is 0 Å². The first-order valence-electron chi connectivity index (χ1n) is 11.7. The molecule has 1 aromatic heterocycles. The maximum atomic E-state index is 4.54. The van der Waals surface area contributed by atoms with E-state index in [9.17, 15) is 0 Å². The zero-order chi connectivity index (χ0) is 20.1. The topological polar surface area (TPSA) is 42.9 Å². The molecule has 5 nitrogen and oxygen atoms in total. The molecule has 0 amide bonds. The van der Waals surface area contributed by atoms with Crippen LogP contribution in [-0.2, 0) is 0 Å². The first-order chi connectivity index (χ1) is 14.2. The number of piperidine rings is 1. The average Bonchev–Trinajstić information content (AvgIpc) is 3.49. The summed E-state index contributed by atoms with van der Waals surface area (Å²) in [6.45, 7) is 5.90. The lowest BCUT2D eigenvalue weighted by molar-refractivity contribution is 0.125. The summed E-state index contributed by atoms with van der Waals surface area (Å²) in [5.41, 5.74) is 0. The molecule has 2 aliphatic heterocycles. The van der Waals surface area contributed by atoms with E-state index in [1.807, 2.05) is 18.4 Å². The monoisotopic (exact) mass is 545 g/mol. The summed E-state index contributed by atoms with van der Waals surface area (Å²) in [5, 5.41) is 9.58. The molecule has 30 heavy (non-hydrogen) atoms. The van der Waals surface area contributed by atoms with Crippen molar-refractivity contribution in [3.63, 3.8) is 0 Å². The highest BCUT2D eigenvalue weighted by Gasteiger charge is 2.31. The van der Waals surface area contributed by atoms with Crippen LogP contribution >= 0.6 is 35.3 Å². The fourth-order valence-electron chi connectivity index (χ4n) is 5.67. The van der Waals surface area contributed by atoms with Gasteiger partial charge in [0.05, 0.1) is 0 Å². The van der Waals surface area contributed by atoms with E-state index < -0.39 is 0 Å². The van der Waals surface area contributed by atoms with Crippen molar-refractivity contribution in [2.75, 3.05) is 46.8 Å². The van der Waals surface area contributed by atoms with Gasteiger partial charge in [-0.25, -0.2) is 0 Å². The van der Waals surface area contributed by atoms with Crippen molar-refractivity contribution in [2.24, 2.45) is 16.8 Å². The van der Waals surface area contributed by atoms with E-state index in [1.165, 1.54) is 76.0 Å². The Morgan fingerprint density at radius 2 is 2.00 bits per heavy atom. The van der Waals surface area contributed by atoms with Gasteiger partial charge < -0.3 is 15.5 Å². The molecule has 3 atom stereocenters. The number of aliphatic imine (C=N–C) groups is 1. The van der Waals surface area contributed by atoms with Gasteiger partial charge >= 0.3 is 0 Å². The van der Waals surface area contributed by atoms with Crippen molar-refractivity contribution in [1.82, 2.24) is 20.4 Å². The van der Waals surface area contributed by atoms with Crippen LogP contribution in [0.3, 0.4) is 0 Å². The minimum atomic E-state index is 0. The fraction of sp³-hybridized carbons (Fsp3) is 0.783. The number of nitrogens with one attached hydrogen (secondary N) is 2. The summed E-state index contributed by atoms with van der Waals surface area (Å²) in [5.74, 6) is 2.56. The number of rotatable bonds is 6. The molecule has 1 saturated carbocycles. The maximum Gasteiger partial charge on any atom is 0.191 e. The fourth-order valence-corrected chi connectivity index (χ4v) is 6.66. The van der Waals surface area contributed by atoms with Crippen molar-refractivity contribution >= 4 is 41.3 Å². The Morgan fingerprint density at radius 1 is 1.17 bits per heavy atom. The SMILES string of the molecule is CN=C(NCC1CCCN(C)C1c1cccs1)NC1CCN(CC2CCCC2)C1.I. The number of guanidine groups is 1. The molecule has 3 aliphatic rings. The van der Waals surface area contributed by atoms with Crippen LogP contribution in [0.25, 0.3) is 0 Å². The highest BCUT2D eigenvalue weighted by atomic mass is 127. The van der Waals surface area contributed by atoms with Crippen LogP contribution in [0.15, 0.2) is 22.5 Å². The summed E-state index contributed by atoms with van der Waals surface area (Å²) in [4.78, 5) is 11.2. The largest absolute Gasteiger partial charge is 0.356 e. The second kappa shape index (κ2) is 12.0. The van der Waals surface area contributed by atoms with Crippen molar-refractivity contribution in [3.05, 3.63) is 22.4 Å². The minimum Gasteiger partial charge on any atom is -0.356 e. The van der Waals surface area contributed by atoms with E-state index in [0.717, 1.165) is 18.4 Å². The van der Waals surface area contributed by atoms with E-state index in [4.69, 9.17) is 0 Å². The molecule has 170 valence electrons. The first-order valence-corrected chi connectivity index (χ1v) is 12.5. The lowest BCUT2D eigenvalue weighted by atomic mass is 9.88. The number of hydrogen-bond acceptors (Lipinski definition) is 4. The molecule has 0 bridgehead atoms. The van der Waals surface area contributed by atoms with Gasteiger partial charge in [-0.15, -0.1) is 35.3 Å². The Labute approximate surface area is 204 Å². The summed E-state index contributed by atoms with van der Waals surface area (Å²) in [7, 11) is 4.19. The first kappa shape index (κ1) is 24.3. The Balaban J connectivity index is 0.00000256. The smallest absolute Gasteiger partial charge is 0.191 e. The lowest BCUT2D eigenvalue weighted by Crippen LogP contribution is -2.48. The highest BCUT2D eigenvalue weighted by Crippen LogP contribution is 2.36. The number of thiophene rings is 1. The molecule has 0 radical (unpaired) electrons. The van der Waals surface area contributed by atoms with E-state index in [2.05, 4.69) is 50.0 Å². The minimum absolute atomic E-state index is 0. The zero-order valence-electron chi connectivity index (χ0n) is 18.7. The third-order valence-electron chi connectivity index (χ3n) is 7.20. The predicted octanol–water partition coefficient (Wildman–Crippen LogP) is 4.18. The molecule has 3 unspecified atom stereocenters. The Kier molecular flexibility index (Phi) is 9.72. The average molecular weight is 546 g/mol. The molecular formula is C23H40IN5S. The molecule has 3 heterocycles. The van der Waals surface area contributed by atoms with Gasteiger partial charge in [0.15, 0.2) is 5.96 Å². The van der Waals surface area contributed by atoms with Gasteiger partial charge in [-0.2, -0.15) is 0 Å². The molecule has 0 aromatic carbocycles. The third kappa shape index (κ3) is 6.33.